The summed E-state index contributed by atoms with van der Waals surface area (Å²) in [5.41, 5.74) is 0. The van der Waals surface area contributed by atoms with Gasteiger partial charge in [-0.3, -0.25) is 0 Å². The molecule has 0 aliphatic carbocycles. The average molecular weight is 375 g/mol. The molecule has 0 saturated carbocycles. The Morgan fingerprint density at radius 1 is 0.632 bits per heavy atom. The molecule has 0 radical (unpaired) electrons. The van der Waals surface area contributed by atoms with E-state index in [2.05, 4.69) is 41.5 Å². The molecule has 0 fully saturated rings. The van der Waals surface area contributed by atoms with Crippen molar-refractivity contribution >= 4 is 18.4 Å². The van der Waals surface area contributed by atoms with Crippen LogP contribution in [0.1, 0.15) is 80.1 Å². The molecule has 0 unspecified atom stereocenters. The zero-order valence-corrected chi connectivity index (χ0v) is 17.6. The van der Waals surface area contributed by atoms with Crippen molar-refractivity contribution in [2.24, 2.45) is 11.8 Å². The Hall–Kier alpha value is 0.799. The van der Waals surface area contributed by atoms with Crippen molar-refractivity contribution in [3.05, 3.63) is 0 Å². The summed E-state index contributed by atoms with van der Waals surface area (Å²) in [5.74, 6) is 1.83. The first-order chi connectivity index (χ1) is 8.95. The van der Waals surface area contributed by atoms with E-state index in [1.807, 2.05) is 0 Å². The van der Waals surface area contributed by atoms with Crippen LogP contribution < -0.4 is 0 Å². The molecule has 0 aromatic heterocycles. The molecule has 0 saturated heterocycles. The van der Waals surface area contributed by atoms with E-state index in [-0.39, 0.29) is 0 Å². The van der Waals surface area contributed by atoms with Gasteiger partial charge in [0.25, 0.3) is 0 Å². The van der Waals surface area contributed by atoms with Crippen molar-refractivity contribution in [3.8, 4) is 0 Å². The molecular formula is C18H40Sn. The second-order valence-corrected chi connectivity index (χ2v) is 21.8. The van der Waals surface area contributed by atoms with Crippen molar-refractivity contribution in [1.29, 1.82) is 0 Å². The fourth-order valence-corrected chi connectivity index (χ4v) is 20.4. The van der Waals surface area contributed by atoms with Gasteiger partial charge in [0.1, 0.15) is 0 Å². The summed E-state index contributed by atoms with van der Waals surface area (Å²) in [5, 5.41) is 0. The van der Waals surface area contributed by atoms with Crippen molar-refractivity contribution in [2.75, 3.05) is 0 Å². The molecule has 19 heavy (non-hydrogen) atoms. The summed E-state index contributed by atoms with van der Waals surface area (Å²) in [4.78, 5) is 0. The average Bonchev–Trinajstić information content (AvgIpc) is 2.37. The van der Waals surface area contributed by atoms with Crippen LogP contribution >= 0.6 is 0 Å². The molecule has 0 atom stereocenters. The van der Waals surface area contributed by atoms with Gasteiger partial charge in [-0.15, -0.1) is 0 Å². The van der Waals surface area contributed by atoms with Gasteiger partial charge in [-0.25, -0.2) is 0 Å². The fourth-order valence-electron chi connectivity index (χ4n) is 3.04. The van der Waals surface area contributed by atoms with Gasteiger partial charge in [-0.05, 0) is 0 Å². The molecule has 0 bridgehead atoms. The molecule has 0 amide bonds. The van der Waals surface area contributed by atoms with Gasteiger partial charge in [0, 0.05) is 0 Å². The van der Waals surface area contributed by atoms with Crippen molar-refractivity contribution in [3.63, 3.8) is 0 Å². The van der Waals surface area contributed by atoms with Gasteiger partial charge < -0.3 is 0 Å². The Kier molecular flexibility index (Phi) is 11.9. The fraction of sp³-hybridized carbons (Fsp3) is 1.00. The maximum atomic E-state index is 2.42. The molecule has 0 spiro atoms. The first-order valence-electron chi connectivity index (χ1n) is 8.95. The second kappa shape index (κ2) is 11.5. The van der Waals surface area contributed by atoms with Crippen molar-refractivity contribution in [1.82, 2.24) is 0 Å². The zero-order valence-electron chi connectivity index (χ0n) is 14.7. The molecule has 0 rings (SSSR count). The van der Waals surface area contributed by atoms with Crippen molar-refractivity contribution < 1.29 is 0 Å². The predicted octanol–water partition coefficient (Wildman–Crippen LogP) is 7.13. The Bertz CT molecular complexity index is 174. The first kappa shape index (κ1) is 19.8. The molecule has 0 aliphatic heterocycles. The monoisotopic (exact) mass is 376 g/mol. The Balaban J connectivity index is 4.62. The zero-order chi connectivity index (χ0) is 14.7. The third-order valence-electron chi connectivity index (χ3n) is 4.63. The molecule has 0 heterocycles. The van der Waals surface area contributed by atoms with E-state index in [1.165, 1.54) is 38.5 Å². The number of hydrogen-bond acceptors (Lipinski definition) is 0. The first-order valence-corrected chi connectivity index (χ1v) is 17.0. The van der Waals surface area contributed by atoms with Gasteiger partial charge in [-0.1, -0.05) is 0 Å². The van der Waals surface area contributed by atoms with Gasteiger partial charge in [0.15, 0.2) is 0 Å². The molecule has 0 N–H and O–H groups in total. The summed E-state index contributed by atoms with van der Waals surface area (Å²) in [6, 6.07) is 0. The van der Waals surface area contributed by atoms with Crippen LogP contribution in [-0.4, -0.2) is 18.4 Å². The minimum atomic E-state index is -1.80. The SMILES string of the molecule is CCC[CH2][Sn]([CH2]CCC)([CH2]CC(C)C)[CH2]CC(C)C. The van der Waals surface area contributed by atoms with E-state index in [0.29, 0.717) is 0 Å². The third kappa shape index (κ3) is 10.2. The summed E-state index contributed by atoms with van der Waals surface area (Å²) in [7, 11) is 0. The van der Waals surface area contributed by atoms with Crippen LogP contribution in [0, 0.1) is 11.8 Å². The molecule has 0 aromatic rings. The van der Waals surface area contributed by atoms with E-state index in [0.717, 1.165) is 11.8 Å². The standard InChI is InChI=1S/2C5H11.2C4H9.Sn/c2*1-4-5(2)3;2*1-3-4-2;/h2*5H,1,4H2,2-3H3;2*1,3-4H2,2H3;. The van der Waals surface area contributed by atoms with Gasteiger partial charge in [-0.2, -0.15) is 0 Å². The Morgan fingerprint density at radius 3 is 1.26 bits per heavy atom. The number of hydrogen-bond donors (Lipinski definition) is 0. The number of unbranched alkanes of at least 4 members (excludes halogenated alkanes) is 2. The summed E-state index contributed by atoms with van der Waals surface area (Å²) in [6.45, 7) is 14.4. The Morgan fingerprint density at radius 2 is 1.00 bits per heavy atom. The Labute approximate surface area is 128 Å². The van der Waals surface area contributed by atoms with Gasteiger partial charge in [0.05, 0.1) is 0 Å². The van der Waals surface area contributed by atoms with E-state index in [9.17, 15) is 0 Å². The molecule has 0 nitrogen and oxygen atoms in total. The van der Waals surface area contributed by atoms with Crippen LogP contribution in [0.25, 0.3) is 0 Å². The van der Waals surface area contributed by atoms with Crippen LogP contribution in [0.2, 0.25) is 17.7 Å². The normalized spacial score (nSPS) is 12.6. The van der Waals surface area contributed by atoms with Crippen LogP contribution in [0.4, 0.5) is 0 Å². The number of rotatable bonds is 12. The molecule has 0 aliphatic rings. The third-order valence-corrected chi connectivity index (χ3v) is 20.4. The van der Waals surface area contributed by atoms with Crippen LogP contribution in [0.15, 0.2) is 0 Å². The van der Waals surface area contributed by atoms with Crippen LogP contribution in [0.5, 0.6) is 0 Å². The van der Waals surface area contributed by atoms with Crippen LogP contribution in [0.3, 0.4) is 0 Å². The van der Waals surface area contributed by atoms with Gasteiger partial charge in [0.2, 0.25) is 0 Å². The second-order valence-electron chi connectivity index (χ2n) is 7.57. The molecule has 0 aromatic carbocycles. The minimum absolute atomic E-state index is 0.915. The topological polar surface area (TPSA) is 0 Å². The van der Waals surface area contributed by atoms with E-state index >= 15 is 0 Å². The van der Waals surface area contributed by atoms with E-state index in [1.54, 1.807) is 17.7 Å². The quantitative estimate of drug-likeness (QED) is 0.318. The van der Waals surface area contributed by atoms with Crippen LogP contribution in [-0.2, 0) is 0 Å². The summed E-state index contributed by atoms with van der Waals surface area (Å²) in [6.07, 6.45) is 8.90. The molecule has 116 valence electrons. The summed E-state index contributed by atoms with van der Waals surface area (Å²) >= 11 is -1.80. The molecular weight excluding hydrogens is 335 g/mol. The summed E-state index contributed by atoms with van der Waals surface area (Å²) < 4.78 is 6.73. The predicted molar refractivity (Wildman–Crippen MR) is 93.7 cm³/mol. The van der Waals surface area contributed by atoms with Crippen molar-refractivity contribution in [2.45, 2.75) is 97.8 Å². The van der Waals surface area contributed by atoms with Gasteiger partial charge >= 0.3 is 128 Å². The van der Waals surface area contributed by atoms with E-state index in [4.69, 9.17) is 0 Å². The van der Waals surface area contributed by atoms with E-state index < -0.39 is 18.4 Å². The maximum absolute atomic E-state index is 2.42. The molecule has 1 heteroatoms.